The summed E-state index contributed by atoms with van der Waals surface area (Å²) in [7, 11) is 0. The van der Waals surface area contributed by atoms with E-state index in [0.717, 1.165) is 24.0 Å². The molecular weight excluding hydrogens is 360 g/mol. The number of benzene rings is 2. The van der Waals surface area contributed by atoms with Crippen molar-refractivity contribution < 1.29 is 9.59 Å². The van der Waals surface area contributed by atoms with Crippen molar-refractivity contribution in [2.24, 2.45) is 5.41 Å². The minimum Gasteiger partial charge on any atom is -0.352 e. The lowest BCUT2D eigenvalue weighted by Crippen LogP contribution is -2.48. The summed E-state index contributed by atoms with van der Waals surface area (Å²) >= 11 is 0. The van der Waals surface area contributed by atoms with Crippen molar-refractivity contribution >= 4 is 11.8 Å². The second-order valence-corrected chi connectivity index (χ2v) is 9.16. The van der Waals surface area contributed by atoms with Crippen LogP contribution in [0.25, 0.3) is 0 Å². The van der Waals surface area contributed by atoms with E-state index in [0.29, 0.717) is 19.5 Å². The third-order valence-corrected chi connectivity index (χ3v) is 5.40. The Morgan fingerprint density at radius 1 is 0.931 bits per heavy atom. The quantitative estimate of drug-likeness (QED) is 0.822. The molecule has 29 heavy (non-hydrogen) atoms. The first-order chi connectivity index (χ1) is 13.8. The molecule has 2 aromatic rings. The Labute approximate surface area is 174 Å². The van der Waals surface area contributed by atoms with E-state index in [4.69, 9.17) is 0 Å². The zero-order chi connectivity index (χ0) is 20.9. The maximum absolute atomic E-state index is 13.2. The third-order valence-electron chi connectivity index (χ3n) is 5.40. The smallest absolute Gasteiger partial charge is 0.232 e. The number of hydrogen-bond donors (Lipinski definition) is 1. The van der Waals surface area contributed by atoms with E-state index in [1.165, 1.54) is 0 Å². The molecule has 0 atom stereocenters. The molecule has 1 N–H and O–H groups in total. The van der Waals surface area contributed by atoms with Crippen LogP contribution in [-0.4, -0.2) is 35.8 Å². The molecule has 0 bridgehead atoms. The summed E-state index contributed by atoms with van der Waals surface area (Å²) in [5, 5.41) is 3.25. The fourth-order valence-corrected chi connectivity index (χ4v) is 3.91. The van der Waals surface area contributed by atoms with Crippen molar-refractivity contribution in [2.45, 2.75) is 52.0 Å². The normalized spacial score (nSPS) is 15.4. The van der Waals surface area contributed by atoms with Crippen molar-refractivity contribution in [1.29, 1.82) is 0 Å². The highest BCUT2D eigenvalue weighted by Crippen LogP contribution is 2.26. The van der Waals surface area contributed by atoms with Crippen LogP contribution in [0.15, 0.2) is 60.7 Å². The number of nitrogens with zero attached hydrogens (tertiary/aromatic N) is 1. The highest BCUT2D eigenvalue weighted by Gasteiger charge is 2.29. The predicted molar refractivity (Wildman–Crippen MR) is 117 cm³/mol. The van der Waals surface area contributed by atoms with Crippen LogP contribution < -0.4 is 5.32 Å². The molecule has 2 amide bonds. The number of carbonyl (C=O) groups excluding carboxylic acids is 2. The molecule has 4 nitrogen and oxygen atoms in total. The topological polar surface area (TPSA) is 49.4 Å². The molecule has 2 aromatic carbocycles. The molecule has 0 radical (unpaired) electrons. The first-order valence-corrected chi connectivity index (χ1v) is 10.5. The summed E-state index contributed by atoms with van der Waals surface area (Å²) in [6, 6.07) is 19.9. The van der Waals surface area contributed by atoms with Gasteiger partial charge in [0.05, 0.1) is 5.92 Å². The van der Waals surface area contributed by atoms with Crippen LogP contribution in [0.1, 0.15) is 57.1 Å². The highest BCUT2D eigenvalue weighted by atomic mass is 16.2. The van der Waals surface area contributed by atoms with Crippen LogP contribution in [0, 0.1) is 5.41 Å². The van der Waals surface area contributed by atoms with Crippen molar-refractivity contribution in [1.82, 2.24) is 10.2 Å². The van der Waals surface area contributed by atoms with Crippen molar-refractivity contribution in [3.63, 3.8) is 0 Å². The second-order valence-electron chi connectivity index (χ2n) is 9.16. The van der Waals surface area contributed by atoms with E-state index in [2.05, 4.69) is 26.1 Å². The van der Waals surface area contributed by atoms with Gasteiger partial charge in [-0.05, 0) is 29.4 Å². The molecule has 1 fully saturated rings. The minimum atomic E-state index is -0.321. The minimum absolute atomic E-state index is 0.000731. The summed E-state index contributed by atoms with van der Waals surface area (Å²) in [4.78, 5) is 27.6. The Balaban J connectivity index is 1.63. The van der Waals surface area contributed by atoms with E-state index < -0.39 is 0 Å². The molecule has 1 aliphatic heterocycles. The zero-order valence-electron chi connectivity index (χ0n) is 17.7. The Morgan fingerprint density at radius 2 is 1.41 bits per heavy atom. The van der Waals surface area contributed by atoms with Gasteiger partial charge in [0.15, 0.2) is 0 Å². The van der Waals surface area contributed by atoms with E-state index in [1.807, 2.05) is 65.6 Å². The number of hydrogen-bond acceptors (Lipinski definition) is 2. The van der Waals surface area contributed by atoms with Crippen LogP contribution in [-0.2, 0) is 9.59 Å². The molecule has 0 aromatic heterocycles. The van der Waals surface area contributed by atoms with Gasteiger partial charge >= 0.3 is 0 Å². The Kier molecular flexibility index (Phi) is 6.73. The molecule has 0 aliphatic carbocycles. The lowest BCUT2D eigenvalue weighted by atomic mass is 9.89. The van der Waals surface area contributed by atoms with Gasteiger partial charge in [-0.25, -0.2) is 0 Å². The maximum atomic E-state index is 13.2. The fraction of sp³-hybridized carbons (Fsp3) is 0.440. The van der Waals surface area contributed by atoms with Gasteiger partial charge < -0.3 is 10.2 Å². The molecule has 1 aliphatic rings. The summed E-state index contributed by atoms with van der Waals surface area (Å²) < 4.78 is 0. The SMILES string of the molecule is CC(C)(C)CC(=O)N1CCC(NC(=O)C(c2ccccc2)c2ccccc2)CC1. The van der Waals surface area contributed by atoms with Crippen molar-refractivity contribution in [2.75, 3.05) is 13.1 Å². The number of amides is 2. The molecule has 1 saturated heterocycles. The van der Waals surface area contributed by atoms with Gasteiger partial charge in [0.2, 0.25) is 11.8 Å². The lowest BCUT2D eigenvalue weighted by Gasteiger charge is -2.34. The predicted octanol–water partition coefficient (Wildman–Crippen LogP) is 4.36. The van der Waals surface area contributed by atoms with E-state index in [9.17, 15) is 9.59 Å². The van der Waals surface area contributed by atoms with Crippen LogP contribution in [0.2, 0.25) is 0 Å². The second kappa shape index (κ2) is 9.25. The molecule has 4 heteroatoms. The summed E-state index contributed by atoms with van der Waals surface area (Å²) in [5.74, 6) is -0.0754. The zero-order valence-corrected chi connectivity index (χ0v) is 17.7. The van der Waals surface area contributed by atoms with Gasteiger partial charge in [0.25, 0.3) is 0 Å². The Morgan fingerprint density at radius 3 is 1.86 bits per heavy atom. The monoisotopic (exact) mass is 392 g/mol. The third kappa shape index (κ3) is 5.93. The lowest BCUT2D eigenvalue weighted by molar-refractivity contribution is -0.134. The van der Waals surface area contributed by atoms with E-state index >= 15 is 0 Å². The number of rotatable bonds is 5. The highest BCUT2D eigenvalue weighted by molar-refractivity contribution is 5.87. The Bertz CT molecular complexity index is 764. The fourth-order valence-electron chi connectivity index (χ4n) is 3.91. The number of carbonyl (C=O) groups is 2. The summed E-state index contributed by atoms with van der Waals surface area (Å²) in [5.41, 5.74) is 1.99. The van der Waals surface area contributed by atoms with E-state index in [1.54, 1.807) is 0 Å². The van der Waals surface area contributed by atoms with Gasteiger partial charge in [-0.15, -0.1) is 0 Å². The van der Waals surface area contributed by atoms with Crippen LogP contribution in [0.5, 0.6) is 0 Å². The van der Waals surface area contributed by atoms with Crippen molar-refractivity contribution in [3.05, 3.63) is 71.8 Å². The van der Waals surface area contributed by atoms with Crippen LogP contribution in [0.4, 0.5) is 0 Å². The summed E-state index contributed by atoms with van der Waals surface area (Å²) in [6.45, 7) is 7.68. The molecule has 0 unspecified atom stereocenters. The number of likely N-dealkylation sites (tertiary alicyclic amines) is 1. The number of nitrogens with one attached hydrogen (secondary N) is 1. The molecular formula is C25H32N2O2. The van der Waals surface area contributed by atoms with Crippen LogP contribution >= 0.6 is 0 Å². The van der Waals surface area contributed by atoms with Crippen molar-refractivity contribution in [3.8, 4) is 0 Å². The molecule has 1 heterocycles. The first-order valence-electron chi connectivity index (χ1n) is 10.5. The average molecular weight is 393 g/mol. The Hall–Kier alpha value is -2.62. The molecule has 0 spiro atoms. The molecule has 3 rings (SSSR count). The van der Waals surface area contributed by atoms with Gasteiger partial charge in [-0.3, -0.25) is 9.59 Å². The van der Waals surface area contributed by atoms with E-state index in [-0.39, 0.29) is 29.2 Å². The van der Waals surface area contributed by atoms with Gasteiger partial charge in [-0.2, -0.15) is 0 Å². The maximum Gasteiger partial charge on any atom is 0.232 e. The number of piperidine rings is 1. The first kappa shape index (κ1) is 21.1. The van der Waals surface area contributed by atoms with Gasteiger partial charge in [-0.1, -0.05) is 81.4 Å². The average Bonchev–Trinajstić information content (AvgIpc) is 2.69. The van der Waals surface area contributed by atoms with Gasteiger partial charge in [0, 0.05) is 25.6 Å². The summed E-state index contributed by atoms with van der Waals surface area (Å²) in [6.07, 6.45) is 2.17. The van der Waals surface area contributed by atoms with Gasteiger partial charge in [0.1, 0.15) is 0 Å². The standard InChI is InChI=1S/C25H32N2O2/c1-25(2,3)18-22(28)27-16-14-21(15-17-27)26-24(29)23(19-10-6-4-7-11-19)20-12-8-5-9-13-20/h4-13,21,23H,14-18H2,1-3H3,(H,26,29). The molecule has 0 saturated carbocycles. The van der Waals surface area contributed by atoms with Crippen LogP contribution in [0.3, 0.4) is 0 Å². The molecule has 154 valence electrons. The largest absolute Gasteiger partial charge is 0.352 e.